The third-order valence-corrected chi connectivity index (χ3v) is 17.6. The highest BCUT2D eigenvalue weighted by molar-refractivity contribution is 8.00. The Morgan fingerprint density at radius 2 is 1.42 bits per heavy atom. The lowest BCUT2D eigenvalue weighted by Crippen LogP contribution is -2.62. The molecule has 0 amide bonds. The van der Waals surface area contributed by atoms with E-state index in [-0.39, 0.29) is 50.4 Å². The van der Waals surface area contributed by atoms with Crippen LogP contribution in [0.4, 0.5) is 4.79 Å². The zero-order valence-corrected chi connectivity index (χ0v) is 48.6. The van der Waals surface area contributed by atoms with E-state index < -0.39 is 125 Å². The maximum Gasteiger partial charge on any atom is 0.509 e. The zero-order chi connectivity index (χ0) is 56.6. The number of nitrogens with zero attached hydrogens (tertiary/aromatic N) is 1. The molecule has 430 valence electrons. The lowest BCUT2D eigenvalue weighted by Gasteiger charge is -2.50. The van der Waals surface area contributed by atoms with Crippen LogP contribution in [0.2, 0.25) is 0 Å². The Kier molecular flexibility index (Phi) is 21.5. The van der Waals surface area contributed by atoms with E-state index in [2.05, 4.69) is 0 Å². The fourth-order valence-electron chi connectivity index (χ4n) is 12.1. The number of rotatable bonds is 17. The van der Waals surface area contributed by atoms with Crippen molar-refractivity contribution in [2.24, 2.45) is 29.6 Å². The van der Waals surface area contributed by atoms with Crippen molar-refractivity contribution in [3.05, 3.63) is 66.2 Å². The van der Waals surface area contributed by atoms with Crippen molar-refractivity contribution >= 4 is 41.6 Å². The number of benzene rings is 2. The van der Waals surface area contributed by atoms with Gasteiger partial charge in [-0.1, -0.05) is 76.2 Å². The molecule has 0 spiro atoms. The topological polar surface area (TPSA) is 199 Å². The summed E-state index contributed by atoms with van der Waals surface area (Å²) < 4.78 is 76.5. The van der Waals surface area contributed by atoms with Gasteiger partial charge < -0.3 is 61.7 Å². The second-order valence-corrected chi connectivity index (χ2v) is 23.5. The molecule has 4 fully saturated rings. The van der Waals surface area contributed by atoms with Crippen LogP contribution in [-0.4, -0.2) is 159 Å². The number of ether oxygens (including phenoxy) is 12. The Hall–Kier alpha value is -4.34. The number of ketones is 1. The molecule has 4 aliphatic heterocycles. The number of hydrogen-bond acceptors (Lipinski definition) is 19. The molecule has 0 aromatic heterocycles. The van der Waals surface area contributed by atoms with Crippen LogP contribution in [-0.2, 0) is 77.9 Å². The van der Waals surface area contributed by atoms with Gasteiger partial charge in [0.15, 0.2) is 30.4 Å². The van der Waals surface area contributed by atoms with Gasteiger partial charge in [0.1, 0.15) is 35.1 Å². The van der Waals surface area contributed by atoms with Gasteiger partial charge >= 0.3 is 24.1 Å². The molecule has 0 saturated carbocycles. The summed E-state index contributed by atoms with van der Waals surface area (Å²) in [4.78, 5) is 72.7. The molecule has 0 aliphatic carbocycles. The molecule has 4 heterocycles. The summed E-state index contributed by atoms with van der Waals surface area (Å²) in [6, 6.07) is 18.3. The van der Waals surface area contributed by atoms with Gasteiger partial charge in [-0.05, 0) is 92.6 Å². The highest BCUT2D eigenvalue weighted by Gasteiger charge is 2.62. The lowest BCUT2D eigenvalue weighted by atomic mass is 9.70. The molecule has 0 N–H and O–H groups in total. The maximum atomic E-state index is 15.3. The minimum atomic E-state index is -1.43. The first-order valence-electron chi connectivity index (χ1n) is 27.1. The summed E-state index contributed by atoms with van der Waals surface area (Å²) in [5.74, 6) is -4.89. The smallest absolute Gasteiger partial charge is 0.493 e. The number of Topliss-reactive ketones (excluding diaryl/α,β-unsaturated/α-hetero) is 1. The molecule has 4 saturated heterocycles. The Bertz CT molecular complexity index is 2280. The number of fused-ring (bicyclic) bond motifs is 1. The van der Waals surface area contributed by atoms with Gasteiger partial charge in [0, 0.05) is 57.0 Å². The fourth-order valence-corrected chi connectivity index (χ4v) is 13.4. The van der Waals surface area contributed by atoms with Crippen LogP contribution in [0.5, 0.6) is 5.75 Å². The second kappa shape index (κ2) is 26.7. The Morgan fingerprint density at radius 1 is 0.779 bits per heavy atom. The van der Waals surface area contributed by atoms with Gasteiger partial charge in [0.25, 0.3) is 0 Å². The van der Waals surface area contributed by atoms with Crippen LogP contribution in [0.15, 0.2) is 60.7 Å². The number of likely N-dealkylation sites (N-methyl/N-ethyl adjacent to an activating group) is 1. The highest BCUT2D eigenvalue weighted by Crippen LogP contribution is 2.50. The van der Waals surface area contributed by atoms with E-state index in [9.17, 15) is 14.4 Å². The van der Waals surface area contributed by atoms with Crippen LogP contribution in [0.3, 0.4) is 0 Å². The van der Waals surface area contributed by atoms with Gasteiger partial charge in [0.05, 0.1) is 48.6 Å². The van der Waals surface area contributed by atoms with E-state index >= 15 is 9.59 Å². The standard InChI is InChI=1S/C58H85NO17S/c1-16-43-58(11)45(49(53(63)76-58)77-28-27-67-41-25-21-18-22-26-41)35(4)46(61)33(2)30-56(9,65-14)50(74-54-48(71-39(8)60)42(59(12)13)29-34(3)69-54)36(5)47(37(6)52(62)72-43)73-44-31-57(10,66-15)51(38(7)70-44)75-55(64)68-32-40-23-19-17-20-24-40/h17-26,33-38,42-45,47-51,54H,16,27-32H2,1-15H3/t33-,34-,35-,36+,37-,38+,42+,43-,44+,45+,47+,48-,49+,50-,51+,54+,56-,57-,58-/m1/s1. The number of para-hydroxylation sites is 1. The highest BCUT2D eigenvalue weighted by atomic mass is 32.2. The number of carbonyl (C=O) groups excluding carboxylic acids is 5. The van der Waals surface area contributed by atoms with Crippen LogP contribution in [0, 0.1) is 29.6 Å². The number of esters is 3. The summed E-state index contributed by atoms with van der Waals surface area (Å²) in [6.45, 7) is 19.7. The van der Waals surface area contributed by atoms with Crippen molar-refractivity contribution in [1.82, 2.24) is 4.90 Å². The first-order valence-corrected chi connectivity index (χ1v) is 28.1. The summed E-state index contributed by atoms with van der Waals surface area (Å²) in [6.07, 6.45) is -8.42. The average molecular weight is 1100 g/mol. The van der Waals surface area contributed by atoms with Gasteiger partial charge in [0.2, 0.25) is 0 Å². The summed E-state index contributed by atoms with van der Waals surface area (Å²) in [5, 5.41) is -0.808. The molecule has 2 aromatic carbocycles. The predicted octanol–water partition coefficient (Wildman–Crippen LogP) is 8.37. The minimum Gasteiger partial charge on any atom is -0.493 e. The number of methoxy groups -OCH3 is 2. The zero-order valence-electron chi connectivity index (χ0n) is 47.8. The first kappa shape index (κ1) is 61.9. The van der Waals surface area contributed by atoms with E-state index in [4.69, 9.17) is 56.8 Å². The Balaban J connectivity index is 1.40. The normalized spacial score (nSPS) is 38.2. The molecular formula is C58H85NO17S. The molecule has 18 nitrogen and oxygen atoms in total. The van der Waals surface area contributed by atoms with Crippen molar-refractivity contribution in [3.8, 4) is 5.75 Å². The minimum absolute atomic E-state index is 0.00621. The van der Waals surface area contributed by atoms with E-state index in [1.54, 1.807) is 27.7 Å². The fraction of sp³-hybridized carbons (Fsp3) is 0.707. The molecule has 0 unspecified atom stereocenters. The van der Waals surface area contributed by atoms with Gasteiger partial charge in [-0.15, -0.1) is 11.8 Å². The third-order valence-electron chi connectivity index (χ3n) is 16.3. The van der Waals surface area contributed by atoms with Gasteiger partial charge in [-0.2, -0.15) is 0 Å². The SMILES string of the molecule is CC[C@H]1OC(=O)[C@H](C)[C@@H](O[C@H]2C[C@@](C)(OC)[C@@H](OC(=O)OCc3ccccc3)[C@H](C)O2)[C@H](C)[C@@H](O[C@@H]2O[C@H](C)C[C@H](N(C)C)[C@H]2OC(C)=O)[C@](C)(OC)C[C@@H](C)C(=O)[C@H](C)[C@H]2[C@H](SCCOc3ccccc3)C(=O)O[C@@]21C. The third kappa shape index (κ3) is 14.5. The molecule has 0 bridgehead atoms. The molecule has 19 heteroatoms. The number of thioether (sulfide) groups is 1. The van der Waals surface area contributed by atoms with E-state index in [0.29, 0.717) is 17.9 Å². The Morgan fingerprint density at radius 3 is 2.03 bits per heavy atom. The van der Waals surface area contributed by atoms with Crippen LogP contribution in [0.25, 0.3) is 0 Å². The summed E-state index contributed by atoms with van der Waals surface area (Å²) in [5.41, 5.74) is -3.19. The molecule has 0 radical (unpaired) electrons. The monoisotopic (exact) mass is 1100 g/mol. The predicted molar refractivity (Wildman–Crippen MR) is 286 cm³/mol. The van der Waals surface area contributed by atoms with E-state index in [1.807, 2.05) is 121 Å². The molecular weight excluding hydrogens is 1010 g/mol. The maximum absolute atomic E-state index is 15.3. The molecule has 77 heavy (non-hydrogen) atoms. The lowest BCUT2D eigenvalue weighted by molar-refractivity contribution is -0.320. The van der Waals surface area contributed by atoms with E-state index in [1.165, 1.54) is 32.9 Å². The van der Waals surface area contributed by atoms with Crippen molar-refractivity contribution in [2.75, 3.05) is 40.7 Å². The van der Waals surface area contributed by atoms with Crippen molar-refractivity contribution in [2.45, 2.75) is 192 Å². The summed E-state index contributed by atoms with van der Waals surface area (Å²) >= 11 is 1.35. The van der Waals surface area contributed by atoms with Crippen LogP contribution in [0.1, 0.15) is 107 Å². The summed E-state index contributed by atoms with van der Waals surface area (Å²) in [7, 11) is 6.83. The van der Waals surface area contributed by atoms with Crippen molar-refractivity contribution in [1.29, 1.82) is 0 Å². The second-order valence-electron chi connectivity index (χ2n) is 22.2. The van der Waals surface area contributed by atoms with E-state index in [0.717, 1.165) is 5.56 Å². The van der Waals surface area contributed by atoms with Crippen molar-refractivity contribution in [3.63, 3.8) is 0 Å². The number of cyclic esters (lactones) is 1. The van der Waals surface area contributed by atoms with Crippen LogP contribution >= 0.6 is 11.8 Å². The van der Waals surface area contributed by atoms with Crippen LogP contribution < -0.4 is 4.74 Å². The Labute approximate surface area is 459 Å². The molecule has 4 aliphatic rings. The number of carbonyl (C=O) groups is 5. The molecule has 6 rings (SSSR count). The molecule has 2 aromatic rings. The average Bonchev–Trinajstić information content (AvgIpc) is 3.71. The largest absolute Gasteiger partial charge is 0.509 e. The molecule has 19 atom stereocenters. The van der Waals surface area contributed by atoms with Gasteiger partial charge in [-0.3, -0.25) is 19.2 Å². The quantitative estimate of drug-likeness (QED) is 0.0830. The van der Waals surface area contributed by atoms with Crippen molar-refractivity contribution < 1.29 is 80.8 Å². The number of hydrogen-bond donors (Lipinski definition) is 0. The van der Waals surface area contributed by atoms with Gasteiger partial charge in [-0.25, -0.2) is 4.79 Å². The first-order chi connectivity index (χ1) is 36.4.